The lowest BCUT2D eigenvalue weighted by Crippen LogP contribution is -2.28. The standard InChI is InChI=1S/C22H25BrN2O5S/c1-3-22(27)25-10-8-15-12-17(23)20(13-18(15)25)31(28,29)11-9-21(26)24-14-16-6-4-5-7-19(16)30-2/h4-7,12-13H,3,8-11,14H2,1-2H3,(H,24,26). The number of rotatable bonds is 8. The number of ether oxygens (including phenoxy) is 1. The van der Waals surface area contributed by atoms with Crippen LogP contribution >= 0.6 is 15.9 Å². The molecule has 0 unspecified atom stereocenters. The molecule has 2 aromatic carbocycles. The van der Waals surface area contributed by atoms with E-state index in [0.29, 0.717) is 35.3 Å². The average Bonchev–Trinajstić information content (AvgIpc) is 3.18. The molecule has 0 radical (unpaired) electrons. The summed E-state index contributed by atoms with van der Waals surface area (Å²) in [5.74, 6) is -0.0810. The Labute approximate surface area is 190 Å². The smallest absolute Gasteiger partial charge is 0.226 e. The highest BCUT2D eigenvalue weighted by atomic mass is 79.9. The molecule has 1 aliphatic rings. The van der Waals surface area contributed by atoms with Gasteiger partial charge < -0.3 is 15.0 Å². The van der Waals surface area contributed by atoms with Gasteiger partial charge in [-0.1, -0.05) is 25.1 Å². The monoisotopic (exact) mass is 508 g/mol. The van der Waals surface area contributed by atoms with E-state index in [4.69, 9.17) is 4.74 Å². The van der Waals surface area contributed by atoms with E-state index >= 15 is 0 Å². The first kappa shape index (κ1) is 23.3. The summed E-state index contributed by atoms with van der Waals surface area (Å²) >= 11 is 3.35. The SMILES string of the molecule is CCC(=O)N1CCc2cc(Br)c(S(=O)(=O)CCC(=O)NCc3ccccc3OC)cc21. The second kappa shape index (κ2) is 9.82. The summed E-state index contributed by atoms with van der Waals surface area (Å²) in [5.41, 5.74) is 2.37. The Bertz CT molecular complexity index is 1100. The van der Waals surface area contributed by atoms with Crippen LogP contribution in [0.2, 0.25) is 0 Å². The van der Waals surface area contributed by atoms with Gasteiger partial charge in [0.05, 0.1) is 17.8 Å². The number of anilines is 1. The van der Waals surface area contributed by atoms with Gasteiger partial charge in [0.25, 0.3) is 0 Å². The van der Waals surface area contributed by atoms with Gasteiger partial charge in [0.15, 0.2) is 9.84 Å². The van der Waals surface area contributed by atoms with E-state index in [2.05, 4.69) is 21.2 Å². The van der Waals surface area contributed by atoms with Gasteiger partial charge >= 0.3 is 0 Å². The molecule has 166 valence electrons. The van der Waals surface area contributed by atoms with Crippen LogP contribution in [0, 0.1) is 0 Å². The van der Waals surface area contributed by atoms with Crippen LogP contribution in [0.4, 0.5) is 5.69 Å². The van der Waals surface area contributed by atoms with Crippen molar-refractivity contribution in [3.8, 4) is 5.75 Å². The van der Waals surface area contributed by atoms with Crippen molar-refractivity contribution < 1.29 is 22.7 Å². The number of nitrogens with one attached hydrogen (secondary N) is 1. The normalized spacial score (nSPS) is 13.1. The summed E-state index contributed by atoms with van der Waals surface area (Å²) in [6.45, 7) is 2.57. The molecule has 0 aliphatic carbocycles. The molecule has 0 saturated carbocycles. The number of methoxy groups -OCH3 is 1. The van der Waals surface area contributed by atoms with Crippen LogP contribution in [0.5, 0.6) is 5.75 Å². The molecule has 1 aliphatic heterocycles. The molecule has 0 aromatic heterocycles. The fourth-order valence-electron chi connectivity index (χ4n) is 3.54. The van der Waals surface area contributed by atoms with Crippen LogP contribution in [-0.4, -0.2) is 39.6 Å². The van der Waals surface area contributed by atoms with Gasteiger partial charge in [0.1, 0.15) is 5.75 Å². The average molecular weight is 509 g/mol. The predicted octanol–water partition coefficient (Wildman–Crippen LogP) is 3.24. The van der Waals surface area contributed by atoms with E-state index < -0.39 is 9.84 Å². The van der Waals surface area contributed by atoms with E-state index in [1.54, 1.807) is 37.1 Å². The number of carbonyl (C=O) groups excluding carboxylic acids is 2. The van der Waals surface area contributed by atoms with Crippen molar-refractivity contribution in [1.29, 1.82) is 0 Å². The minimum Gasteiger partial charge on any atom is -0.496 e. The summed E-state index contributed by atoms with van der Waals surface area (Å²) < 4.78 is 31.6. The van der Waals surface area contributed by atoms with Gasteiger partial charge in [-0.25, -0.2) is 8.42 Å². The molecule has 0 fully saturated rings. The van der Waals surface area contributed by atoms with Crippen LogP contribution in [0.25, 0.3) is 0 Å². The Kier molecular flexibility index (Phi) is 7.38. The highest BCUT2D eigenvalue weighted by molar-refractivity contribution is 9.10. The summed E-state index contributed by atoms with van der Waals surface area (Å²) in [6, 6.07) is 10.6. The Balaban J connectivity index is 1.68. The molecular weight excluding hydrogens is 484 g/mol. The van der Waals surface area contributed by atoms with Crippen molar-refractivity contribution in [2.45, 2.75) is 37.6 Å². The van der Waals surface area contributed by atoms with E-state index in [9.17, 15) is 18.0 Å². The summed E-state index contributed by atoms with van der Waals surface area (Å²) in [4.78, 5) is 26.2. The first-order chi connectivity index (χ1) is 14.8. The summed E-state index contributed by atoms with van der Waals surface area (Å²) in [5, 5.41) is 2.74. The number of halogens is 1. The maximum absolute atomic E-state index is 12.9. The number of hydrogen-bond donors (Lipinski definition) is 1. The maximum atomic E-state index is 12.9. The number of amides is 2. The van der Waals surface area contributed by atoms with Crippen molar-refractivity contribution in [1.82, 2.24) is 5.32 Å². The van der Waals surface area contributed by atoms with E-state index in [1.807, 2.05) is 18.2 Å². The van der Waals surface area contributed by atoms with E-state index in [1.165, 1.54) is 0 Å². The third kappa shape index (κ3) is 5.27. The summed E-state index contributed by atoms with van der Waals surface area (Å²) in [6.07, 6.45) is 0.869. The van der Waals surface area contributed by atoms with Crippen LogP contribution in [0.1, 0.15) is 30.9 Å². The molecule has 0 spiro atoms. The number of sulfone groups is 1. The number of nitrogens with zero attached hydrogens (tertiary/aromatic N) is 1. The Morgan fingerprint density at radius 1 is 1.23 bits per heavy atom. The minimum absolute atomic E-state index is 0.0415. The first-order valence-corrected chi connectivity index (χ1v) is 12.5. The number of hydrogen-bond acceptors (Lipinski definition) is 5. The van der Waals surface area contributed by atoms with Gasteiger partial charge in [-0.05, 0) is 46.1 Å². The fraction of sp³-hybridized carbons (Fsp3) is 0.364. The number of fused-ring (bicyclic) bond motifs is 1. The van der Waals surface area contributed by atoms with Crippen LogP contribution < -0.4 is 15.0 Å². The van der Waals surface area contributed by atoms with Crippen LogP contribution in [0.3, 0.4) is 0 Å². The molecule has 0 saturated heterocycles. The van der Waals surface area contributed by atoms with E-state index in [-0.39, 0.29) is 35.4 Å². The van der Waals surface area contributed by atoms with Crippen molar-refractivity contribution in [3.63, 3.8) is 0 Å². The third-order valence-electron chi connectivity index (χ3n) is 5.23. The van der Waals surface area contributed by atoms with Crippen molar-refractivity contribution in [3.05, 3.63) is 52.0 Å². The summed E-state index contributed by atoms with van der Waals surface area (Å²) in [7, 11) is -2.18. The molecule has 2 aromatic rings. The van der Waals surface area contributed by atoms with Gasteiger partial charge in [-0.2, -0.15) is 0 Å². The molecule has 31 heavy (non-hydrogen) atoms. The van der Waals surface area contributed by atoms with Gasteiger partial charge in [0, 0.05) is 41.7 Å². The van der Waals surface area contributed by atoms with Crippen molar-refractivity contribution in [2.24, 2.45) is 0 Å². The van der Waals surface area contributed by atoms with Gasteiger partial charge in [0.2, 0.25) is 11.8 Å². The molecule has 9 heteroatoms. The quantitative estimate of drug-likeness (QED) is 0.590. The lowest BCUT2D eigenvalue weighted by Gasteiger charge is -2.18. The topological polar surface area (TPSA) is 92.8 Å². The second-order valence-corrected chi connectivity index (χ2v) is 10.1. The lowest BCUT2D eigenvalue weighted by atomic mass is 10.2. The largest absolute Gasteiger partial charge is 0.496 e. The lowest BCUT2D eigenvalue weighted by molar-refractivity contribution is -0.121. The maximum Gasteiger partial charge on any atom is 0.226 e. The molecule has 0 atom stereocenters. The highest BCUT2D eigenvalue weighted by Gasteiger charge is 2.28. The zero-order valence-corrected chi connectivity index (χ0v) is 19.9. The van der Waals surface area contributed by atoms with Crippen LogP contribution in [-0.2, 0) is 32.4 Å². The molecule has 1 heterocycles. The highest BCUT2D eigenvalue weighted by Crippen LogP contribution is 2.36. The molecule has 3 rings (SSSR count). The Morgan fingerprint density at radius 2 is 1.97 bits per heavy atom. The van der Waals surface area contributed by atoms with Crippen molar-refractivity contribution >= 4 is 43.3 Å². The van der Waals surface area contributed by atoms with Crippen molar-refractivity contribution in [2.75, 3.05) is 24.3 Å². The zero-order valence-electron chi connectivity index (χ0n) is 17.5. The second-order valence-electron chi connectivity index (χ2n) is 7.22. The first-order valence-electron chi connectivity index (χ1n) is 10.0. The van der Waals surface area contributed by atoms with E-state index in [0.717, 1.165) is 11.1 Å². The number of carbonyl (C=O) groups is 2. The number of benzene rings is 2. The number of para-hydroxylation sites is 1. The molecule has 7 nitrogen and oxygen atoms in total. The van der Waals surface area contributed by atoms with Crippen LogP contribution in [0.15, 0.2) is 45.8 Å². The Morgan fingerprint density at radius 3 is 2.68 bits per heavy atom. The fourth-order valence-corrected chi connectivity index (χ4v) is 6.00. The molecule has 1 N–H and O–H groups in total. The molecule has 2 amide bonds. The molecule has 0 bridgehead atoms. The Hall–Kier alpha value is -2.39. The van der Waals surface area contributed by atoms with Gasteiger partial charge in [-0.15, -0.1) is 0 Å². The van der Waals surface area contributed by atoms with Gasteiger partial charge in [-0.3, -0.25) is 9.59 Å². The third-order valence-corrected chi connectivity index (χ3v) is 7.90. The molecular formula is C22H25BrN2O5S. The zero-order chi connectivity index (χ0) is 22.6. The minimum atomic E-state index is -3.73. The predicted molar refractivity (Wildman–Crippen MR) is 122 cm³/mol.